The van der Waals surface area contributed by atoms with E-state index in [4.69, 9.17) is 11.6 Å². The lowest BCUT2D eigenvalue weighted by atomic mass is 10.1. The molecule has 130 valence electrons. The maximum Gasteiger partial charge on any atom is 0.162 e. The zero-order valence-electron chi connectivity index (χ0n) is 14.4. The predicted molar refractivity (Wildman–Crippen MR) is 97.5 cm³/mol. The summed E-state index contributed by atoms with van der Waals surface area (Å²) in [5.74, 6) is 1.67. The maximum atomic E-state index is 6.54. The average molecular weight is 366 g/mol. The molecule has 5 rings (SSSR count). The summed E-state index contributed by atoms with van der Waals surface area (Å²) in [6.07, 6.45) is 3.45. The number of hydrogen-bond acceptors (Lipinski definition) is 4. The molecule has 0 amide bonds. The number of benzene rings is 1. The Balaban J connectivity index is 1.72. The lowest BCUT2D eigenvalue weighted by Crippen LogP contribution is -2.12. The normalized spacial score (nSPS) is 12.4. The van der Waals surface area contributed by atoms with E-state index >= 15 is 0 Å². The summed E-state index contributed by atoms with van der Waals surface area (Å²) < 4.78 is 5.98. The zero-order valence-corrected chi connectivity index (χ0v) is 15.1. The number of imidazole rings is 1. The highest BCUT2D eigenvalue weighted by Gasteiger charge is 2.25. The van der Waals surface area contributed by atoms with Crippen molar-refractivity contribution in [3.63, 3.8) is 0 Å². The lowest BCUT2D eigenvalue weighted by Gasteiger charge is -2.14. The number of fused-ring (bicyclic) bond motifs is 5. The number of rotatable bonds is 2. The van der Waals surface area contributed by atoms with Crippen LogP contribution in [0.2, 0.25) is 5.02 Å². The van der Waals surface area contributed by atoms with Gasteiger partial charge in [0.2, 0.25) is 0 Å². The first-order valence-electron chi connectivity index (χ1n) is 8.35. The van der Waals surface area contributed by atoms with Crippen molar-refractivity contribution in [3.05, 3.63) is 64.7 Å². The highest BCUT2D eigenvalue weighted by molar-refractivity contribution is 6.33. The summed E-state index contributed by atoms with van der Waals surface area (Å²) in [5, 5.41) is 9.57. The maximum absolute atomic E-state index is 6.54. The minimum Gasteiger partial charge on any atom is -0.296 e. The molecule has 0 atom stereocenters. The van der Waals surface area contributed by atoms with Crippen LogP contribution in [-0.2, 0) is 13.1 Å². The van der Waals surface area contributed by atoms with Gasteiger partial charge in [0.25, 0.3) is 0 Å². The summed E-state index contributed by atoms with van der Waals surface area (Å²) >= 11 is 6.54. The van der Waals surface area contributed by atoms with Gasteiger partial charge in [-0.25, -0.2) is 14.6 Å². The van der Waals surface area contributed by atoms with Crippen LogP contribution in [0.4, 0.5) is 0 Å². The van der Waals surface area contributed by atoms with E-state index in [0.29, 0.717) is 18.1 Å². The van der Waals surface area contributed by atoms with Gasteiger partial charge in [-0.1, -0.05) is 17.7 Å². The van der Waals surface area contributed by atoms with Crippen LogP contribution in [-0.4, -0.2) is 34.1 Å². The van der Waals surface area contributed by atoms with Crippen molar-refractivity contribution in [2.45, 2.75) is 26.9 Å². The minimum atomic E-state index is 0.585. The largest absolute Gasteiger partial charge is 0.296 e. The van der Waals surface area contributed by atoms with Gasteiger partial charge in [0.1, 0.15) is 12.2 Å². The van der Waals surface area contributed by atoms with Crippen molar-refractivity contribution < 1.29 is 0 Å². The molecule has 0 saturated carbocycles. The molecule has 0 saturated heterocycles. The molecule has 4 aromatic rings. The van der Waals surface area contributed by atoms with Crippen LogP contribution in [0.15, 0.2) is 36.8 Å². The molecule has 0 fully saturated rings. The SMILES string of the molecule is Cc1cc(C)n(Cc2ncc3n2-c2cccc(Cl)c2-c2ncnn2C3)n1. The van der Waals surface area contributed by atoms with Crippen LogP contribution in [0.1, 0.15) is 22.9 Å². The Kier molecular flexibility index (Phi) is 3.27. The molecule has 1 aromatic carbocycles. The second kappa shape index (κ2) is 5.54. The van der Waals surface area contributed by atoms with Gasteiger partial charge in [-0.2, -0.15) is 10.2 Å². The smallest absolute Gasteiger partial charge is 0.162 e. The van der Waals surface area contributed by atoms with Crippen LogP contribution < -0.4 is 0 Å². The van der Waals surface area contributed by atoms with Gasteiger partial charge in [0, 0.05) is 5.69 Å². The van der Waals surface area contributed by atoms with Crippen LogP contribution in [0.3, 0.4) is 0 Å². The molecule has 0 aliphatic carbocycles. The molecule has 0 bridgehead atoms. The zero-order chi connectivity index (χ0) is 17.8. The van der Waals surface area contributed by atoms with Crippen LogP contribution in [0, 0.1) is 13.8 Å². The van der Waals surface area contributed by atoms with E-state index in [9.17, 15) is 0 Å². The summed E-state index contributed by atoms with van der Waals surface area (Å²) in [6, 6.07) is 7.93. The van der Waals surface area contributed by atoms with Crippen LogP contribution >= 0.6 is 11.6 Å². The molecule has 0 radical (unpaired) electrons. The Morgan fingerprint density at radius 2 is 2.08 bits per heavy atom. The number of halogens is 1. The monoisotopic (exact) mass is 365 g/mol. The van der Waals surface area contributed by atoms with Gasteiger partial charge in [-0.15, -0.1) is 0 Å². The third-order valence-electron chi connectivity index (χ3n) is 4.69. The lowest BCUT2D eigenvalue weighted by molar-refractivity contribution is 0.616. The third-order valence-corrected chi connectivity index (χ3v) is 5.00. The second-order valence-electron chi connectivity index (χ2n) is 6.46. The van der Waals surface area contributed by atoms with E-state index < -0.39 is 0 Å². The van der Waals surface area contributed by atoms with Gasteiger partial charge in [0.05, 0.1) is 46.9 Å². The van der Waals surface area contributed by atoms with Gasteiger partial charge in [-0.05, 0) is 32.0 Å². The second-order valence-corrected chi connectivity index (χ2v) is 6.87. The molecule has 3 aromatic heterocycles. The molecular weight excluding hydrogens is 350 g/mol. The molecule has 7 nitrogen and oxygen atoms in total. The molecular formula is C18H16ClN7. The Hall–Kier alpha value is -2.93. The van der Waals surface area contributed by atoms with Crippen molar-refractivity contribution in [1.29, 1.82) is 0 Å². The standard InChI is InChI=1S/C18H16ClN7/c1-11-6-12(2)24(23-11)9-16-20-7-13-8-25-18(21-10-22-25)17-14(19)4-3-5-15(17)26(13)16/h3-7,10H,8-9H2,1-2H3. The number of aryl methyl sites for hydroxylation is 2. The van der Waals surface area contributed by atoms with Crippen molar-refractivity contribution in [2.24, 2.45) is 0 Å². The van der Waals surface area contributed by atoms with Crippen LogP contribution in [0.25, 0.3) is 17.1 Å². The van der Waals surface area contributed by atoms with Crippen molar-refractivity contribution in [3.8, 4) is 17.1 Å². The molecule has 0 spiro atoms. The van der Waals surface area contributed by atoms with E-state index in [2.05, 4.69) is 37.7 Å². The summed E-state index contributed by atoms with van der Waals surface area (Å²) in [4.78, 5) is 9.10. The first-order valence-corrected chi connectivity index (χ1v) is 8.73. The fraction of sp³-hybridized carbons (Fsp3) is 0.222. The highest BCUT2D eigenvalue weighted by Crippen LogP contribution is 2.36. The molecule has 8 heteroatoms. The number of aromatic nitrogens is 7. The van der Waals surface area contributed by atoms with Gasteiger partial charge in [0.15, 0.2) is 5.82 Å². The Morgan fingerprint density at radius 3 is 2.88 bits per heavy atom. The first kappa shape index (κ1) is 15.3. The molecule has 1 aliphatic heterocycles. The fourth-order valence-corrected chi connectivity index (χ4v) is 3.82. The average Bonchev–Trinajstić information content (AvgIpc) is 3.27. The van der Waals surface area contributed by atoms with Crippen molar-refractivity contribution >= 4 is 11.6 Å². The number of hydrogen-bond donors (Lipinski definition) is 0. The van der Waals surface area contributed by atoms with E-state index in [0.717, 1.165) is 40.0 Å². The molecule has 4 heterocycles. The predicted octanol–water partition coefficient (Wildman–Crippen LogP) is 3.01. The summed E-state index contributed by atoms with van der Waals surface area (Å²) in [7, 11) is 0. The van der Waals surface area contributed by atoms with Gasteiger partial charge in [-0.3, -0.25) is 9.25 Å². The van der Waals surface area contributed by atoms with E-state index in [1.165, 1.54) is 0 Å². The number of nitrogens with zero attached hydrogens (tertiary/aromatic N) is 7. The third kappa shape index (κ3) is 2.20. The molecule has 26 heavy (non-hydrogen) atoms. The fourth-order valence-electron chi connectivity index (χ4n) is 3.56. The molecule has 0 unspecified atom stereocenters. The highest BCUT2D eigenvalue weighted by atomic mass is 35.5. The van der Waals surface area contributed by atoms with Gasteiger partial charge >= 0.3 is 0 Å². The Labute approximate surface area is 154 Å². The quantitative estimate of drug-likeness (QED) is 0.482. The van der Waals surface area contributed by atoms with E-state index in [-0.39, 0.29) is 0 Å². The first-order chi connectivity index (χ1) is 12.6. The Morgan fingerprint density at radius 1 is 1.19 bits per heavy atom. The Bertz CT molecular complexity index is 1130. The van der Waals surface area contributed by atoms with Crippen molar-refractivity contribution in [2.75, 3.05) is 0 Å². The van der Waals surface area contributed by atoms with Crippen molar-refractivity contribution in [1.82, 2.24) is 34.1 Å². The minimum absolute atomic E-state index is 0.585. The van der Waals surface area contributed by atoms with Gasteiger partial charge < -0.3 is 0 Å². The van der Waals surface area contributed by atoms with E-state index in [1.54, 1.807) is 6.33 Å². The summed E-state index contributed by atoms with van der Waals surface area (Å²) in [5.41, 5.74) is 4.98. The van der Waals surface area contributed by atoms with Crippen LogP contribution in [0.5, 0.6) is 0 Å². The molecule has 0 N–H and O–H groups in total. The van der Waals surface area contributed by atoms with E-state index in [1.807, 2.05) is 40.7 Å². The molecule has 1 aliphatic rings. The summed E-state index contributed by atoms with van der Waals surface area (Å²) in [6.45, 7) is 5.22. The topological polar surface area (TPSA) is 66.3 Å².